The molecule has 2 rings (SSSR count). The van der Waals surface area contributed by atoms with Crippen molar-refractivity contribution in [1.82, 2.24) is 25.6 Å². The molecule has 13 heavy (non-hydrogen) atoms. The maximum atomic E-state index is 4.15. The van der Waals surface area contributed by atoms with Crippen molar-refractivity contribution in [2.45, 2.75) is 10.8 Å². The highest BCUT2D eigenvalue weighted by atomic mass is 32.2. The second-order valence-electron chi connectivity index (χ2n) is 2.28. The van der Waals surface area contributed by atoms with E-state index in [9.17, 15) is 0 Å². The van der Waals surface area contributed by atoms with Crippen molar-refractivity contribution in [2.24, 2.45) is 0 Å². The fraction of sp³-hybridized carbons (Fsp3) is 0.143. The smallest absolute Gasteiger partial charge is 0.184 e. The molecule has 0 fully saturated rings. The van der Waals surface area contributed by atoms with Crippen LogP contribution in [-0.2, 0) is 5.75 Å². The molecule has 0 aliphatic carbocycles. The van der Waals surface area contributed by atoms with E-state index in [-0.39, 0.29) is 0 Å². The lowest BCUT2D eigenvalue weighted by molar-refractivity contribution is 0.881. The summed E-state index contributed by atoms with van der Waals surface area (Å²) in [6.07, 6.45) is 1.76. The Kier molecular flexibility index (Phi) is 2.51. The van der Waals surface area contributed by atoms with E-state index in [0.717, 1.165) is 5.03 Å². The summed E-state index contributed by atoms with van der Waals surface area (Å²) >= 11 is 1.58. The first-order chi connectivity index (χ1) is 6.45. The number of nitrogens with zero attached hydrogens (tertiary/aromatic N) is 4. The van der Waals surface area contributed by atoms with E-state index < -0.39 is 0 Å². The number of pyridine rings is 1. The van der Waals surface area contributed by atoms with Gasteiger partial charge in [-0.1, -0.05) is 23.0 Å². The lowest BCUT2D eigenvalue weighted by atomic mass is 10.5. The standard InChI is InChI=1S/C7H7N5S/c1-2-4-8-7(3-1)13-5-6-9-11-12-10-6/h1-4H,5H2,(H,9,10,11,12). The second kappa shape index (κ2) is 3.99. The Morgan fingerprint density at radius 3 is 3.08 bits per heavy atom. The van der Waals surface area contributed by atoms with Crippen LogP contribution >= 0.6 is 11.8 Å². The molecule has 0 aromatic carbocycles. The van der Waals surface area contributed by atoms with Crippen molar-refractivity contribution in [1.29, 1.82) is 0 Å². The van der Waals surface area contributed by atoms with Crippen LogP contribution in [0.3, 0.4) is 0 Å². The van der Waals surface area contributed by atoms with Gasteiger partial charge in [0.25, 0.3) is 0 Å². The molecular formula is C7H7N5S. The van der Waals surface area contributed by atoms with Crippen molar-refractivity contribution in [3.8, 4) is 0 Å². The molecule has 0 saturated heterocycles. The maximum Gasteiger partial charge on any atom is 0.184 e. The topological polar surface area (TPSA) is 67.3 Å². The minimum Gasteiger partial charge on any atom is -0.250 e. The van der Waals surface area contributed by atoms with Gasteiger partial charge in [-0.05, 0) is 12.1 Å². The van der Waals surface area contributed by atoms with Crippen LogP contribution in [-0.4, -0.2) is 25.6 Å². The number of H-pyrrole nitrogens is 1. The van der Waals surface area contributed by atoms with E-state index in [1.165, 1.54) is 0 Å². The van der Waals surface area contributed by atoms with Gasteiger partial charge < -0.3 is 0 Å². The van der Waals surface area contributed by atoms with Gasteiger partial charge in [0, 0.05) is 6.20 Å². The highest BCUT2D eigenvalue weighted by Gasteiger charge is 1.99. The van der Waals surface area contributed by atoms with Gasteiger partial charge in [0.1, 0.15) is 0 Å². The molecule has 0 unspecified atom stereocenters. The summed E-state index contributed by atoms with van der Waals surface area (Å²) in [4.78, 5) is 4.15. The third-order valence-electron chi connectivity index (χ3n) is 1.38. The molecule has 6 heteroatoms. The van der Waals surface area contributed by atoms with Crippen LogP contribution in [0.5, 0.6) is 0 Å². The molecule has 66 valence electrons. The van der Waals surface area contributed by atoms with Crippen molar-refractivity contribution in [3.63, 3.8) is 0 Å². The zero-order chi connectivity index (χ0) is 8.93. The Bertz CT molecular complexity index is 346. The highest BCUT2D eigenvalue weighted by molar-refractivity contribution is 7.98. The minimum absolute atomic E-state index is 0.688. The first-order valence-corrected chi connectivity index (χ1v) is 4.70. The summed E-state index contributed by atoms with van der Waals surface area (Å²) in [5.74, 6) is 1.38. The number of hydrogen-bond donors (Lipinski definition) is 1. The Balaban J connectivity index is 1.94. The average Bonchev–Trinajstić information content (AvgIpc) is 2.69. The molecule has 0 amide bonds. The molecule has 2 aromatic rings. The third kappa shape index (κ3) is 2.25. The first kappa shape index (κ1) is 8.18. The molecule has 0 aliphatic rings. The lowest BCUT2D eigenvalue weighted by Crippen LogP contribution is -1.85. The quantitative estimate of drug-likeness (QED) is 0.733. The molecule has 0 bridgehead atoms. The summed E-state index contributed by atoms with van der Waals surface area (Å²) in [6.45, 7) is 0. The number of aromatic nitrogens is 5. The Hall–Kier alpha value is -1.43. The van der Waals surface area contributed by atoms with Crippen LogP contribution < -0.4 is 0 Å². The largest absolute Gasteiger partial charge is 0.250 e. The number of rotatable bonds is 3. The van der Waals surface area contributed by atoms with Crippen molar-refractivity contribution in [3.05, 3.63) is 30.2 Å². The van der Waals surface area contributed by atoms with E-state index in [0.29, 0.717) is 11.6 Å². The monoisotopic (exact) mass is 193 g/mol. The van der Waals surface area contributed by atoms with E-state index in [1.807, 2.05) is 18.2 Å². The lowest BCUT2D eigenvalue weighted by Gasteiger charge is -1.94. The minimum atomic E-state index is 0.688. The van der Waals surface area contributed by atoms with Gasteiger partial charge in [0.15, 0.2) is 5.82 Å². The molecule has 1 N–H and O–H groups in total. The Labute approximate surface area is 79.0 Å². The molecule has 2 aromatic heterocycles. The molecule has 0 spiro atoms. The summed E-state index contributed by atoms with van der Waals surface area (Å²) in [5.41, 5.74) is 0. The fourth-order valence-electron chi connectivity index (χ4n) is 0.815. The number of aromatic amines is 1. The Morgan fingerprint density at radius 1 is 1.38 bits per heavy atom. The molecule has 0 saturated carbocycles. The number of nitrogens with one attached hydrogen (secondary N) is 1. The zero-order valence-electron chi connectivity index (χ0n) is 6.71. The summed E-state index contributed by atoms with van der Waals surface area (Å²) in [6, 6.07) is 5.79. The third-order valence-corrected chi connectivity index (χ3v) is 2.32. The number of thioether (sulfide) groups is 1. The number of hydrogen-bond acceptors (Lipinski definition) is 5. The van der Waals surface area contributed by atoms with Gasteiger partial charge in [-0.2, -0.15) is 5.21 Å². The second-order valence-corrected chi connectivity index (χ2v) is 3.28. The number of tetrazole rings is 1. The summed E-state index contributed by atoms with van der Waals surface area (Å²) < 4.78 is 0. The molecule has 0 atom stereocenters. The van der Waals surface area contributed by atoms with Crippen LogP contribution in [0.1, 0.15) is 5.82 Å². The van der Waals surface area contributed by atoms with Crippen LogP contribution in [0.4, 0.5) is 0 Å². The van der Waals surface area contributed by atoms with E-state index in [4.69, 9.17) is 0 Å². The average molecular weight is 193 g/mol. The van der Waals surface area contributed by atoms with Crippen LogP contribution in [0.2, 0.25) is 0 Å². The predicted octanol–water partition coefficient (Wildman–Crippen LogP) is 0.887. The van der Waals surface area contributed by atoms with E-state index >= 15 is 0 Å². The normalized spacial score (nSPS) is 10.2. The summed E-state index contributed by atoms with van der Waals surface area (Å²) in [5, 5.41) is 14.5. The zero-order valence-corrected chi connectivity index (χ0v) is 7.53. The van der Waals surface area contributed by atoms with Gasteiger partial charge in [0.05, 0.1) is 10.8 Å². The van der Waals surface area contributed by atoms with E-state index in [2.05, 4.69) is 25.6 Å². The van der Waals surface area contributed by atoms with Crippen LogP contribution in [0.25, 0.3) is 0 Å². The molecule has 0 radical (unpaired) electrons. The molecule has 2 heterocycles. The van der Waals surface area contributed by atoms with Crippen LogP contribution in [0, 0.1) is 0 Å². The Morgan fingerprint density at radius 2 is 2.38 bits per heavy atom. The first-order valence-electron chi connectivity index (χ1n) is 3.71. The van der Waals surface area contributed by atoms with Gasteiger partial charge in [-0.15, -0.1) is 10.2 Å². The van der Waals surface area contributed by atoms with Crippen molar-refractivity contribution >= 4 is 11.8 Å². The maximum absolute atomic E-state index is 4.15. The fourth-order valence-corrected chi connectivity index (χ4v) is 1.52. The molecule has 5 nitrogen and oxygen atoms in total. The van der Waals surface area contributed by atoms with Crippen molar-refractivity contribution < 1.29 is 0 Å². The highest BCUT2D eigenvalue weighted by Crippen LogP contribution is 2.17. The van der Waals surface area contributed by atoms with Crippen molar-refractivity contribution in [2.75, 3.05) is 0 Å². The van der Waals surface area contributed by atoms with Gasteiger partial charge in [0.2, 0.25) is 0 Å². The molecule has 0 aliphatic heterocycles. The molecular weight excluding hydrogens is 186 g/mol. The van der Waals surface area contributed by atoms with Gasteiger partial charge in [-0.25, -0.2) is 4.98 Å². The predicted molar refractivity (Wildman–Crippen MR) is 48.0 cm³/mol. The van der Waals surface area contributed by atoms with E-state index in [1.54, 1.807) is 18.0 Å². The SMILES string of the molecule is c1ccc(SCc2nn[nH]n2)nc1. The van der Waals surface area contributed by atoms with Gasteiger partial charge in [-0.3, -0.25) is 0 Å². The summed E-state index contributed by atoms with van der Waals surface area (Å²) in [7, 11) is 0. The van der Waals surface area contributed by atoms with Gasteiger partial charge >= 0.3 is 0 Å². The van der Waals surface area contributed by atoms with Crippen LogP contribution in [0.15, 0.2) is 29.4 Å².